The number of fused-ring (bicyclic) bond motifs is 4. The van der Waals surface area contributed by atoms with E-state index in [1.165, 1.54) is 31.4 Å². The number of benzene rings is 2. The van der Waals surface area contributed by atoms with Crippen molar-refractivity contribution in [2.75, 3.05) is 17.7 Å². The number of hydrogen-bond acceptors (Lipinski definition) is 6. The molecule has 3 N–H and O–H groups in total. The maximum absolute atomic E-state index is 14.8. The fraction of sp³-hybridized carbons (Fsp3) is 0.290. The number of carbonyl (C=O) groups excluding carboxylic acids is 2. The third-order valence-electron chi connectivity index (χ3n) is 7.39. The molecule has 0 saturated heterocycles. The van der Waals surface area contributed by atoms with E-state index in [0.29, 0.717) is 64.6 Å². The first kappa shape index (κ1) is 30.4. The molecule has 0 spiro atoms. The third kappa shape index (κ3) is 6.46. The van der Waals surface area contributed by atoms with Crippen LogP contribution < -0.4 is 20.1 Å². The van der Waals surface area contributed by atoms with Gasteiger partial charge in [0.05, 0.1) is 29.6 Å². The molecule has 1 aliphatic rings. The van der Waals surface area contributed by atoms with Crippen molar-refractivity contribution in [2.45, 2.75) is 51.6 Å². The maximum atomic E-state index is 14.8. The zero-order valence-electron chi connectivity index (χ0n) is 24.0. The van der Waals surface area contributed by atoms with E-state index in [4.69, 9.17) is 4.98 Å². The Balaban J connectivity index is 1.58. The van der Waals surface area contributed by atoms with Gasteiger partial charge in [0, 0.05) is 29.4 Å². The molecule has 1 unspecified atom stereocenters. The lowest BCUT2D eigenvalue weighted by atomic mass is 9.95. The Kier molecular flexibility index (Phi) is 9.02. The number of imidazole rings is 1. The molecule has 2 amide bonds. The number of anilines is 2. The number of H-pyrrole nitrogens is 1. The number of carbonyl (C=O) groups is 2. The van der Waals surface area contributed by atoms with Crippen molar-refractivity contribution >= 4 is 23.4 Å². The predicted octanol–water partition coefficient (Wildman–Crippen LogP) is 6.50. The quantitative estimate of drug-likeness (QED) is 0.169. The van der Waals surface area contributed by atoms with Crippen LogP contribution in [0.25, 0.3) is 22.4 Å². The van der Waals surface area contributed by atoms with Crippen molar-refractivity contribution < 1.29 is 37.0 Å². The van der Waals surface area contributed by atoms with E-state index < -0.39 is 24.4 Å². The summed E-state index contributed by atoms with van der Waals surface area (Å²) >= 11 is 0. The van der Waals surface area contributed by atoms with Crippen LogP contribution in [0, 0.1) is 11.0 Å². The van der Waals surface area contributed by atoms with Crippen LogP contribution in [0.15, 0.2) is 54.7 Å². The average molecular weight is 610 g/mol. The average Bonchev–Trinajstić information content (AvgIpc) is 3.41. The number of amides is 2. The van der Waals surface area contributed by atoms with Gasteiger partial charge in [-0.05, 0) is 55.7 Å². The Hall–Kier alpha value is -5.07. The van der Waals surface area contributed by atoms with Gasteiger partial charge in [0.25, 0.3) is 0 Å². The van der Waals surface area contributed by atoms with Gasteiger partial charge in [0.15, 0.2) is 6.20 Å². The minimum Gasteiger partial charge on any atom is -0.618 e. The second-order valence-corrected chi connectivity index (χ2v) is 10.2. The first-order valence-corrected chi connectivity index (χ1v) is 14.0. The molecular formula is C31H30F3N5O5. The normalized spacial score (nSPS) is 15.0. The lowest BCUT2D eigenvalue weighted by molar-refractivity contribution is -0.614. The molecule has 1 atom stereocenters. The number of halogens is 3. The van der Waals surface area contributed by atoms with Crippen molar-refractivity contribution in [1.82, 2.24) is 9.97 Å². The number of aromatic amines is 1. The Morgan fingerprint density at radius 1 is 1.20 bits per heavy atom. The summed E-state index contributed by atoms with van der Waals surface area (Å²) in [6, 6.07) is 11.6. The first-order chi connectivity index (χ1) is 21.2. The van der Waals surface area contributed by atoms with Crippen molar-refractivity contribution in [2.24, 2.45) is 0 Å². The second kappa shape index (κ2) is 13.1. The maximum Gasteiger partial charge on any atom is 0.411 e. The molecule has 13 heteroatoms. The van der Waals surface area contributed by atoms with Gasteiger partial charge in [0.1, 0.15) is 23.3 Å². The van der Waals surface area contributed by atoms with Gasteiger partial charge in [0.2, 0.25) is 11.6 Å². The second-order valence-electron chi connectivity index (χ2n) is 10.2. The van der Waals surface area contributed by atoms with Crippen LogP contribution >= 0.6 is 0 Å². The smallest absolute Gasteiger partial charge is 0.411 e. The lowest BCUT2D eigenvalue weighted by Crippen LogP contribution is -2.34. The van der Waals surface area contributed by atoms with Crippen LogP contribution in [-0.4, -0.2) is 35.7 Å². The van der Waals surface area contributed by atoms with Crippen LogP contribution in [0.2, 0.25) is 0 Å². The van der Waals surface area contributed by atoms with Crippen LogP contribution in [0.1, 0.15) is 55.7 Å². The van der Waals surface area contributed by atoms with E-state index in [1.54, 1.807) is 18.2 Å². The number of nitrogens with one attached hydrogen (secondary N) is 3. The number of aryl methyl sites for hydroxylation is 1. The number of hydrogen-bond donors (Lipinski definition) is 3. The molecule has 2 aromatic carbocycles. The standard InChI is InChI=1S/C31H30F3N5O5/c1-3-22-28-19-13-12-18(35-31(41)43-2)15-23(19)36-26(40)10-5-4-7-20(29(37-22)38-28)24-14-11-17(16-39(24)42)27-21(32)8-6-9-25(27)44-30(33)34/h6,8-9,11-16,20,30H,3-5,7,10H2,1-2H3,(H,35,41)(H,36,40)(H,37,38). The molecule has 5 rings (SSSR count). The summed E-state index contributed by atoms with van der Waals surface area (Å²) in [6.07, 6.45) is 2.82. The zero-order valence-corrected chi connectivity index (χ0v) is 24.0. The van der Waals surface area contributed by atoms with E-state index in [0.717, 1.165) is 18.0 Å². The summed E-state index contributed by atoms with van der Waals surface area (Å²) in [6.45, 7) is -1.23. The van der Waals surface area contributed by atoms with E-state index in [1.807, 2.05) is 6.92 Å². The molecule has 230 valence electrons. The van der Waals surface area contributed by atoms with E-state index in [9.17, 15) is 28.0 Å². The number of methoxy groups -OCH3 is 1. The zero-order chi connectivity index (χ0) is 31.4. The summed E-state index contributed by atoms with van der Waals surface area (Å²) in [5.74, 6) is -1.42. The number of ether oxygens (including phenoxy) is 2. The summed E-state index contributed by atoms with van der Waals surface area (Å²) in [4.78, 5) is 32.9. The van der Waals surface area contributed by atoms with Crippen molar-refractivity contribution in [3.63, 3.8) is 0 Å². The van der Waals surface area contributed by atoms with Crippen molar-refractivity contribution in [3.8, 4) is 28.1 Å². The minimum absolute atomic E-state index is 0.0713. The van der Waals surface area contributed by atoms with Crippen molar-refractivity contribution in [1.29, 1.82) is 0 Å². The fourth-order valence-electron chi connectivity index (χ4n) is 5.33. The van der Waals surface area contributed by atoms with Crippen LogP contribution in [0.5, 0.6) is 5.75 Å². The Labute approximate surface area is 250 Å². The number of nitrogens with zero attached hydrogens (tertiary/aromatic N) is 2. The molecule has 0 aliphatic carbocycles. The molecule has 2 aromatic heterocycles. The molecule has 0 fully saturated rings. The van der Waals surface area contributed by atoms with Gasteiger partial charge in [-0.3, -0.25) is 10.1 Å². The molecule has 0 saturated carbocycles. The highest BCUT2D eigenvalue weighted by Crippen LogP contribution is 2.37. The van der Waals surface area contributed by atoms with Gasteiger partial charge in [-0.2, -0.15) is 13.5 Å². The Bertz CT molecular complexity index is 1690. The molecular weight excluding hydrogens is 579 g/mol. The topological polar surface area (TPSA) is 132 Å². The molecule has 44 heavy (non-hydrogen) atoms. The molecule has 2 bridgehead atoms. The fourth-order valence-corrected chi connectivity index (χ4v) is 5.33. The summed E-state index contributed by atoms with van der Waals surface area (Å²) in [5.41, 5.74) is 2.95. The van der Waals surface area contributed by atoms with E-state index in [2.05, 4.69) is 25.1 Å². The minimum atomic E-state index is -3.17. The number of aromatic nitrogens is 3. The van der Waals surface area contributed by atoms with Gasteiger partial charge in [-0.15, -0.1) is 0 Å². The van der Waals surface area contributed by atoms with Gasteiger partial charge >= 0.3 is 12.7 Å². The lowest BCUT2D eigenvalue weighted by Gasteiger charge is -2.17. The van der Waals surface area contributed by atoms with E-state index in [-0.39, 0.29) is 29.2 Å². The van der Waals surface area contributed by atoms with Gasteiger partial charge in [-0.1, -0.05) is 19.4 Å². The third-order valence-corrected chi connectivity index (χ3v) is 7.39. The molecule has 3 heterocycles. The summed E-state index contributed by atoms with van der Waals surface area (Å²) in [7, 11) is 1.25. The van der Waals surface area contributed by atoms with Crippen molar-refractivity contribution in [3.05, 3.63) is 83.0 Å². The first-order valence-electron chi connectivity index (χ1n) is 14.0. The number of alkyl halides is 2. The van der Waals surface area contributed by atoms with Crippen LogP contribution in [0.3, 0.4) is 0 Å². The SMILES string of the molecule is CCc1[nH]c2nc1-c1ccc(NC(=O)OC)cc1NC(=O)CCCCC2c1ccc(-c2c(F)cccc2OC(F)F)c[n+]1[O-]. The summed E-state index contributed by atoms with van der Waals surface area (Å²) in [5, 5.41) is 19.0. The molecule has 1 aliphatic heterocycles. The Morgan fingerprint density at radius 2 is 2.02 bits per heavy atom. The van der Waals surface area contributed by atoms with Crippen LogP contribution in [-0.2, 0) is 16.0 Å². The largest absolute Gasteiger partial charge is 0.618 e. The Morgan fingerprint density at radius 3 is 2.75 bits per heavy atom. The highest BCUT2D eigenvalue weighted by atomic mass is 19.3. The molecule has 4 aromatic rings. The van der Waals surface area contributed by atoms with Gasteiger partial charge in [-0.25, -0.2) is 14.2 Å². The highest BCUT2D eigenvalue weighted by Gasteiger charge is 2.29. The monoisotopic (exact) mass is 609 g/mol. The summed E-state index contributed by atoms with van der Waals surface area (Å²) < 4.78 is 50.5. The number of rotatable bonds is 6. The van der Waals surface area contributed by atoms with Gasteiger partial charge < -0.3 is 25.0 Å². The highest BCUT2D eigenvalue weighted by molar-refractivity contribution is 5.97. The van der Waals surface area contributed by atoms with E-state index >= 15 is 0 Å². The van der Waals surface area contributed by atoms with Crippen LogP contribution in [0.4, 0.5) is 29.3 Å². The molecule has 0 radical (unpaired) electrons. The molecule has 10 nitrogen and oxygen atoms in total. The predicted molar refractivity (Wildman–Crippen MR) is 156 cm³/mol. The number of pyridine rings is 1.